The summed E-state index contributed by atoms with van der Waals surface area (Å²) < 4.78 is 10.6. The summed E-state index contributed by atoms with van der Waals surface area (Å²) >= 11 is 6.28. The number of hydrogen-bond acceptors (Lipinski definition) is 5. The minimum atomic E-state index is -0.848. The fraction of sp³-hybridized carbons (Fsp3) is 0.435. The summed E-state index contributed by atoms with van der Waals surface area (Å²) in [7, 11) is 1.62. The van der Waals surface area contributed by atoms with Crippen molar-refractivity contribution in [1.29, 1.82) is 0 Å². The number of ether oxygens (including phenoxy) is 2. The summed E-state index contributed by atoms with van der Waals surface area (Å²) in [6, 6.07) is 14.5. The second-order valence-electron chi connectivity index (χ2n) is 8.10. The zero-order valence-corrected chi connectivity index (χ0v) is 18.7. The van der Waals surface area contributed by atoms with Crippen molar-refractivity contribution >= 4 is 17.7 Å². The highest BCUT2D eigenvalue weighted by atomic mass is 35.5. The molecular formula is C23H31ClN2O4. The van der Waals surface area contributed by atoms with Crippen molar-refractivity contribution in [1.82, 2.24) is 10.6 Å². The van der Waals surface area contributed by atoms with Crippen LogP contribution >= 0.6 is 11.6 Å². The SMILES string of the molecule is COc1cccc(CNC[C@@H](O)[C@H](Cc2ccccc2Cl)NC(=O)OC(C)(C)C)c1. The fourth-order valence-electron chi connectivity index (χ4n) is 2.93. The Morgan fingerprint density at radius 2 is 1.90 bits per heavy atom. The predicted octanol–water partition coefficient (Wildman–Crippen LogP) is 3.94. The third-order valence-electron chi connectivity index (χ3n) is 4.38. The molecule has 30 heavy (non-hydrogen) atoms. The Morgan fingerprint density at radius 1 is 1.17 bits per heavy atom. The van der Waals surface area contributed by atoms with Crippen LogP contribution in [0.1, 0.15) is 31.9 Å². The maximum absolute atomic E-state index is 12.3. The van der Waals surface area contributed by atoms with Crippen molar-refractivity contribution in [2.45, 2.75) is 51.5 Å². The molecule has 1 amide bonds. The molecule has 2 aromatic rings. The van der Waals surface area contributed by atoms with E-state index in [1.807, 2.05) is 42.5 Å². The van der Waals surface area contributed by atoms with Crippen LogP contribution in [0.5, 0.6) is 5.75 Å². The Kier molecular flexibility index (Phi) is 8.96. The van der Waals surface area contributed by atoms with Gasteiger partial charge >= 0.3 is 6.09 Å². The highest BCUT2D eigenvalue weighted by Gasteiger charge is 2.25. The van der Waals surface area contributed by atoms with Crippen LogP contribution in [0.4, 0.5) is 4.79 Å². The molecule has 0 radical (unpaired) electrons. The van der Waals surface area contributed by atoms with Crippen LogP contribution in [0.25, 0.3) is 0 Å². The van der Waals surface area contributed by atoms with Gasteiger partial charge in [0.1, 0.15) is 11.4 Å². The van der Waals surface area contributed by atoms with Crippen LogP contribution in [0, 0.1) is 0 Å². The smallest absolute Gasteiger partial charge is 0.407 e. The number of halogens is 1. The molecule has 2 atom stereocenters. The highest BCUT2D eigenvalue weighted by molar-refractivity contribution is 6.31. The molecule has 2 aromatic carbocycles. The average Bonchev–Trinajstić information content (AvgIpc) is 2.67. The van der Waals surface area contributed by atoms with E-state index < -0.39 is 23.8 Å². The second-order valence-corrected chi connectivity index (χ2v) is 8.51. The lowest BCUT2D eigenvalue weighted by molar-refractivity contribution is 0.0422. The number of carbonyl (C=O) groups excluding carboxylic acids is 1. The van der Waals surface area contributed by atoms with Gasteiger partial charge in [0, 0.05) is 18.1 Å². The van der Waals surface area contributed by atoms with Gasteiger partial charge in [0.05, 0.1) is 19.3 Å². The number of amides is 1. The molecule has 0 spiro atoms. The first-order valence-electron chi connectivity index (χ1n) is 9.92. The van der Waals surface area contributed by atoms with Gasteiger partial charge in [-0.25, -0.2) is 4.79 Å². The minimum Gasteiger partial charge on any atom is -0.497 e. The van der Waals surface area contributed by atoms with Crippen LogP contribution in [0.15, 0.2) is 48.5 Å². The maximum Gasteiger partial charge on any atom is 0.407 e. The molecule has 3 N–H and O–H groups in total. The van der Waals surface area contributed by atoms with E-state index in [0.717, 1.165) is 16.9 Å². The van der Waals surface area contributed by atoms with E-state index in [0.29, 0.717) is 18.0 Å². The normalized spacial score (nSPS) is 13.4. The van der Waals surface area contributed by atoms with Gasteiger partial charge in [0.15, 0.2) is 0 Å². The Labute approximate surface area is 183 Å². The van der Waals surface area contributed by atoms with Gasteiger partial charge in [-0.1, -0.05) is 41.9 Å². The number of rotatable bonds is 9. The topological polar surface area (TPSA) is 79.8 Å². The number of carbonyl (C=O) groups is 1. The van der Waals surface area contributed by atoms with Gasteiger partial charge in [0.25, 0.3) is 0 Å². The van der Waals surface area contributed by atoms with Crippen LogP contribution in [0.2, 0.25) is 5.02 Å². The molecule has 7 heteroatoms. The number of methoxy groups -OCH3 is 1. The molecule has 0 bridgehead atoms. The van der Waals surface area contributed by atoms with Gasteiger partial charge < -0.3 is 25.2 Å². The van der Waals surface area contributed by atoms with Crippen molar-refractivity contribution in [3.63, 3.8) is 0 Å². The Hall–Kier alpha value is -2.28. The largest absolute Gasteiger partial charge is 0.497 e. The standard InChI is InChI=1S/C23H31ClN2O4/c1-23(2,3)30-22(28)26-20(13-17-9-5-6-11-19(17)24)21(27)15-25-14-16-8-7-10-18(12-16)29-4/h5-12,20-21,25,27H,13-15H2,1-4H3,(H,26,28)/t20-,21+/m0/s1. The van der Waals surface area contributed by atoms with Gasteiger partial charge in [-0.3, -0.25) is 0 Å². The molecule has 0 aliphatic carbocycles. The Bertz CT molecular complexity index is 823. The summed E-state index contributed by atoms with van der Waals surface area (Å²) in [5.74, 6) is 0.776. The summed E-state index contributed by atoms with van der Waals surface area (Å²) in [5.41, 5.74) is 1.24. The molecule has 0 aromatic heterocycles. The van der Waals surface area contributed by atoms with Gasteiger partial charge in [-0.15, -0.1) is 0 Å². The summed E-state index contributed by atoms with van der Waals surface area (Å²) in [5, 5.41) is 17.4. The maximum atomic E-state index is 12.3. The van der Waals surface area contributed by atoms with Crippen molar-refractivity contribution in [3.05, 3.63) is 64.7 Å². The van der Waals surface area contributed by atoms with Gasteiger partial charge in [-0.05, 0) is 56.5 Å². The van der Waals surface area contributed by atoms with Crippen molar-refractivity contribution in [2.75, 3.05) is 13.7 Å². The molecule has 6 nitrogen and oxygen atoms in total. The molecule has 164 valence electrons. The monoisotopic (exact) mass is 434 g/mol. The molecule has 2 rings (SSSR count). The predicted molar refractivity (Wildman–Crippen MR) is 119 cm³/mol. The van der Waals surface area contributed by atoms with Crippen molar-refractivity contribution < 1.29 is 19.4 Å². The first-order valence-corrected chi connectivity index (χ1v) is 10.3. The summed E-state index contributed by atoms with van der Waals surface area (Å²) in [6.07, 6.45) is -1.05. The van der Waals surface area contributed by atoms with E-state index in [2.05, 4.69) is 10.6 Å². The number of aliphatic hydroxyl groups is 1. The van der Waals surface area contributed by atoms with Gasteiger partial charge in [-0.2, -0.15) is 0 Å². The summed E-state index contributed by atoms with van der Waals surface area (Å²) in [4.78, 5) is 12.3. The van der Waals surface area contributed by atoms with Crippen molar-refractivity contribution in [2.24, 2.45) is 0 Å². The first kappa shape index (κ1) is 24.0. The van der Waals surface area contributed by atoms with E-state index in [4.69, 9.17) is 21.1 Å². The molecule has 0 fully saturated rings. The number of aliphatic hydroxyl groups excluding tert-OH is 1. The van der Waals surface area contributed by atoms with E-state index in [1.165, 1.54) is 0 Å². The molecule has 0 aliphatic rings. The quantitative estimate of drug-likeness (QED) is 0.557. The summed E-state index contributed by atoms with van der Waals surface area (Å²) in [6.45, 7) is 6.22. The van der Waals surface area contributed by atoms with Crippen LogP contribution in [-0.4, -0.2) is 42.6 Å². The number of hydrogen-bond donors (Lipinski definition) is 3. The molecule has 0 heterocycles. The average molecular weight is 435 g/mol. The van der Waals surface area contributed by atoms with E-state index in [1.54, 1.807) is 33.9 Å². The number of nitrogens with one attached hydrogen (secondary N) is 2. The zero-order valence-electron chi connectivity index (χ0n) is 17.9. The Balaban J connectivity index is 2.02. The highest BCUT2D eigenvalue weighted by Crippen LogP contribution is 2.18. The minimum absolute atomic E-state index is 0.280. The molecule has 0 unspecified atom stereocenters. The number of alkyl carbamates (subject to hydrolysis) is 1. The lowest BCUT2D eigenvalue weighted by Crippen LogP contribution is -2.49. The van der Waals surface area contributed by atoms with Crippen LogP contribution in [-0.2, 0) is 17.7 Å². The van der Waals surface area contributed by atoms with Gasteiger partial charge in [0.2, 0.25) is 0 Å². The molecule has 0 saturated carbocycles. The van der Waals surface area contributed by atoms with Crippen LogP contribution < -0.4 is 15.4 Å². The zero-order chi connectivity index (χ0) is 22.1. The van der Waals surface area contributed by atoms with E-state index in [9.17, 15) is 9.90 Å². The third-order valence-corrected chi connectivity index (χ3v) is 4.75. The van der Waals surface area contributed by atoms with E-state index in [-0.39, 0.29) is 6.54 Å². The van der Waals surface area contributed by atoms with Crippen molar-refractivity contribution in [3.8, 4) is 5.75 Å². The Morgan fingerprint density at radius 3 is 2.57 bits per heavy atom. The first-order chi connectivity index (χ1) is 14.2. The molecular weight excluding hydrogens is 404 g/mol. The lowest BCUT2D eigenvalue weighted by atomic mass is 10.0. The second kappa shape index (κ2) is 11.2. The lowest BCUT2D eigenvalue weighted by Gasteiger charge is -2.27. The molecule has 0 aliphatic heterocycles. The third kappa shape index (κ3) is 8.22. The van der Waals surface area contributed by atoms with Crippen LogP contribution in [0.3, 0.4) is 0 Å². The van der Waals surface area contributed by atoms with E-state index >= 15 is 0 Å². The fourth-order valence-corrected chi connectivity index (χ4v) is 3.15. The number of benzene rings is 2. The molecule has 0 saturated heterocycles.